The number of hydrogen-bond donors (Lipinski definition) is 1. The fourth-order valence-electron chi connectivity index (χ4n) is 4.09. The molecule has 0 radical (unpaired) electrons. The van der Waals surface area contributed by atoms with Crippen LogP contribution < -0.4 is 4.74 Å². The van der Waals surface area contributed by atoms with Gasteiger partial charge in [-0.2, -0.15) is 13.2 Å². The largest absolute Gasteiger partial charge is 0.474 e. The number of H-pyrrole nitrogens is 1. The minimum Gasteiger partial charge on any atom is -0.474 e. The van der Waals surface area contributed by atoms with Gasteiger partial charge in [-0.1, -0.05) is 24.3 Å². The number of aromatic amines is 1. The van der Waals surface area contributed by atoms with E-state index in [-0.39, 0.29) is 11.9 Å². The molecule has 1 aliphatic carbocycles. The van der Waals surface area contributed by atoms with E-state index in [9.17, 15) is 13.2 Å². The number of nitrogens with one attached hydrogen (secondary N) is 1. The first-order valence-corrected chi connectivity index (χ1v) is 11.5. The van der Waals surface area contributed by atoms with Crippen LogP contribution in [0.4, 0.5) is 13.2 Å². The Hall–Kier alpha value is -4.21. The van der Waals surface area contributed by atoms with Gasteiger partial charge in [0.15, 0.2) is 11.5 Å². The summed E-state index contributed by atoms with van der Waals surface area (Å²) in [6.45, 7) is 0. The second-order valence-electron chi connectivity index (χ2n) is 8.88. The molecule has 36 heavy (non-hydrogen) atoms. The molecule has 1 saturated carbocycles. The Kier molecular flexibility index (Phi) is 5.24. The summed E-state index contributed by atoms with van der Waals surface area (Å²) >= 11 is 0. The highest BCUT2D eigenvalue weighted by Gasteiger charge is 2.34. The van der Waals surface area contributed by atoms with Crippen LogP contribution in [0.15, 0.2) is 61.2 Å². The monoisotopic (exact) mass is 490 g/mol. The standard InChI is InChI=1S/C26H21F3N6O/c1-35-14-21(26(27,28)29)33-24(35)16-6-4-15(5-7-16)11-17-12-31-20-13-32-23(34-22(17)20)19-3-2-10-30-25(19)36-18-8-9-18/h2-7,10,12-14,18,31H,8-9,11H2,1H3. The highest BCUT2D eigenvalue weighted by Crippen LogP contribution is 2.33. The molecule has 182 valence electrons. The Morgan fingerprint density at radius 3 is 2.61 bits per heavy atom. The lowest BCUT2D eigenvalue weighted by molar-refractivity contribution is -0.140. The average molecular weight is 490 g/mol. The number of rotatable bonds is 6. The number of pyridine rings is 1. The molecule has 4 heterocycles. The topological polar surface area (TPSA) is 81.5 Å². The Morgan fingerprint density at radius 1 is 1.08 bits per heavy atom. The van der Waals surface area contributed by atoms with Crippen molar-refractivity contribution in [3.05, 3.63) is 78.0 Å². The van der Waals surface area contributed by atoms with Gasteiger partial charge >= 0.3 is 6.18 Å². The molecule has 10 heteroatoms. The molecule has 0 amide bonds. The molecule has 1 N–H and O–H groups in total. The number of nitrogens with zero attached hydrogens (tertiary/aromatic N) is 5. The van der Waals surface area contributed by atoms with Crippen molar-refractivity contribution in [3.63, 3.8) is 0 Å². The molecular weight excluding hydrogens is 469 g/mol. The Labute approximate surface area is 204 Å². The lowest BCUT2D eigenvalue weighted by atomic mass is 10.0. The number of imidazole rings is 1. The first-order chi connectivity index (χ1) is 17.3. The van der Waals surface area contributed by atoms with E-state index in [0.29, 0.717) is 23.7 Å². The van der Waals surface area contributed by atoms with Crippen molar-refractivity contribution in [3.8, 4) is 28.7 Å². The molecule has 1 aromatic carbocycles. The SMILES string of the molecule is Cn1cc(C(F)(F)F)nc1-c1ccc(Cc2c[nH]c3cnc(-c4cccnc4OC4CC4)nc23)cc1. The molecule has 0 spiro atoms. The van der Waals surface area contributed by atoms with E-state index >= 15 is 0 Å². The molecule has 1 fully saturated rings. The third-order valence-corrected chi connectivity index (χ3v) is 6.08. The van der Waals surface area contributed by atoms with E-state index in [2.05, 4.69) is 19.9 Å². The normalized spacial score (nSPS) is 13.9. The van der Waals surface area contributed by atoms with Gasteiger partial charge in [0.2, 0.25) is 5.88 Å². The number of aromatic nitrogens is 6. The van der Waals surface area contributed by atoms with Crippen LogP contribution in [0.3, 0.4) is 0 Å². The van der Waals surface area contributed by atoms with Gasteiger partial charge < -0.3 is 14.3 Å². The molecule has 1 aliphatic rings. The summed E-state index contributed by atoms with van der Waals surface area (Å²) in [6, 6.07) is 11.1. The van der Waals surface area contributed by atoms with E-state index in [1.165, 1.54) is 4.57 Å². The third kappa shape index (κ3) is 4.30. The van der Waals surface area contributed by atoms with E-state index in [1.54, 1.807) is 31.6 Å². The van der Waals surface area contributed by atoms with Gasteiger partial charge in [0.25, 0.3) is 0 Å². The fraction of sp³-hybridized carbons (Fsp3) is 0.231. The zero-order valence-corrected chi connectivity index (χ0v) is 19.3. The number of aryl methyl sites for hydroxylation is 1. The molecule has 0 aliphatic heterocycles. The number of hydrogen-bond acceptors (Lipinski definition) is 5. The van der Waals surface area contributed by atoms with Crippen LogP contribution in [-0.4, -0.2) is 35.6 Å². The van der Waals surface area contributed by atoms with Gasteiger partial charge in [0.05, 0.1) is 22.8 Å². The van der Waals surface area contributed by atoms with Crippen LogP contribution in [-0.2, 0) is 19.6 Å². The highest BCUT2D eigenvalue weighted by molar-refractivity contribution is 5.81. The Bertz CT molecular complexity index is 1550. The van der Waals surface area contributed by atoms with Crippen LogP contribution >= 0.6 is 0 Å². The maximum Gasteiger partial charge on any atom is 0.434 e. The second-order valence-corrected chi connectivity index (χ2v) is 8.88. The van der Waals surface area contributed by atoms with Gasteiger partial charge in [0, 0.05) is 43.2 Å². The minimum atomic E-state index is -4.48. The van der Waals surface area contributed by atoms with Crippen molar-refractivity contribution < 1.29 is 17.9 Å². The van der Waals surface area contributed by atoms with Crippen LogP contribution in [0.5, 0.6) is 5.88 Å². The summed E-state index contributed by atoms with van der Waals surface area (Å²) in [5, 5.41) is 0. The van der Waals surface area contributed by atoms with Crippen molar-refractivity contribution in [2.24, 2.45) is 7.05 Å². The maximum atomic E-state index is 13.0. The predicted octanol–water partition coefficient (Wildman–Crippen LogP) is 5.57. The van der Waals surface area contributed by atoms with Crippen molar-refractivity contribution in [1.29, 1.82) is 0 Å². The molecule has 0 saturated heterocycles. The molecule has 0 atom stereocenters. The quantitative estimate of drug-likeness (QED) is 0.337. The average Bonchev–Trinajstić information content (AvgIpc) is 3.46. The summed E-state index contributed by atoms with van der Waals surface area (Å²) in [4.78, 5) is 20.7. The van der Waals surface area contributed by atoms with Crippen LogP contribution in [0.25, 0.3) is 33.8 Å². The van der Waals surface area contributed by atoms with E-state index in [0.717, 1.165) is 46.8 Å². The van der Waals surface area contributed by atoms with Crippen molar-refractivity contribution >= 4 is 11.0 Å². The zero-order chi connectivity index (χ0) is 24.9. The predicted molar refractivity (Wildman–Crippen MR) is 127 cm³/mol. The lowest BCUT2D eigenvalue weighted by Gasteiger charge is -2.08. The van der Waals surface area contributed by atoms with Gasteiger partial charge in [0.1, 0.15) is 11.9 Å². The summed E-state index contributed by atoms with van der Waals surface area (Å²) < 4.78 is 46.4. The molecule has 0 bridgehead atoms. The zero-order valence-electron chi connectivity index (χ0n) is 19.3. The maximum absolute atomic E-state index is 13.0. The smallest absolute Gasteiger partial charge is 0.434 e. The van der Waals surface area contributed by atoms with E-state index in [1.807, 2.05) is 30.5 Å². The van der Waals surface area contributed by atoms with E-state index in [4.69, 9.17) is 9.72 Å². The van der Waals surface area contributed by atoms with Crippen LogP contribution in [0, 0.1) is 0 Å². The fourth-order valence-corrected chi connectivity index (χ4v) is 4.09. The minimum absolute atomic E-state index is 0.207. The Balaban J connectivity index is 1.27. The molecule has 6 rings (SSSR count). The van der Waals surface area contributed by atoms with Gasteiger partial charge in [-0.25, -0.2) is 19.9 Å². The molecular formula is C26H21F3N6O. The van der Waals surface area contributed by atoms with Gasteiger partial charge in [-0.05, 0) is 30.5 Å². The van der Waals surface area contributed by atoms with E-state index < -0.39 is 11.9 Å². The summed E-state index contributed by atoms with van der Waals surface area (Å²) in [5.74, 6) is 1.34. The first kappa shape index (κ1) is 22.3. The second kappa shape index (κ2) is 8.47. The summed E-state index contributed by atoms with van der Waals surface area (Å²) in [5.41, 5.74) is 4.03. The van der Waals surface area contributed by atoms with Gasteiger partial charge in [-0.3, -0.25) is 0 Å². The molecule has 0 unspecified atom stereocenters. The summed E-state index contributed by atoms with van der Waals surface area (Å²) in [6.07, 6.45) is 4.71. The third-order valence-electron chi connectivity index (χ3n) is 6.08. The molecule has 5 aromatic rings. The van der Waals surface area contributed by atoms with Crippen molar-refractivity contribution in [1.82, 2.24) is 29.5 Å². The Morgan fingerprint density at radius 2 is 1.89 bits per heavy atom. The van der Waals surface area contributed by atoms with Crippen molar-refractivity contribution in [2.75, 3.05) is 0 Å². The number of alkyl halides is 3. The first-order valence-electron chi connectivity index (χ1n) is 11.5. The lowest BCUT2D eigenvalue weighted by Crippen LogP contribution is -2.04. The van der Waals surface area contributed by atoms with Crippen LogP contribution in [0.1, 0.15) is 29.7 Å². The number of ether oxygens (including phenoxy) is 1. The van der Waals surface area contributed by atoms with Crippen LogP contribution in [0.2, 0.25) is 0 Å². The number of halogens is 3. The highest BCUT2D eigenvalue weighted by atomic mass is 19.4. The van der Waals surface area contributed by atoms with Crippen molar-refractivity contribution in [2.45, 2.75) is 31.5 Å². The van der Waals surface area contributed by atoms with Gasteiger partial charge in [-0.15, -0.1) is 0 Å². The molecule has 7 nitrogen and oxygen atoms in total. The number of benzene rings is 1. The number of fused-ring (bicyclic) bond motifs is 1. The summed E-state index contributed by atoms with van der Waals surface area (Å²) in [7, 11) is 1.55. The molecule has 4 aromatic heterocycles.